The van der Waals surface area contributed by atoms with Gasteiger partial charge in [0.05, 0.1) is 37.2 Å². The quantitative estimate of drug-likeness (QED) is 0.215. The number of rotatable bonds is 6. The van der Waals surface area contributed by atoms with E-state index in [1.54, 1.807) is 26.0 Å². The van der Waals surface area contributed by atoms with Crippen LogP contribution in [-0.4, -0.2) is 14.2 Å². The van der Waals surface area contributed by atoms with Crippen molar-refractivity contribution in [3.8, 4) is 17.6 Å². The molecule has 6 heteroatoms. The number of fused-ring (bicyclic) bond motifs is 2. The summed E-state index contributed by atoms with van der Waals surface area (Å²) in [6.45, 7) is 0. The van der Waals surface area contributed by atoms with Gasteiger partial charge in [0, 0.05) is 32.5 Å². The number of ether oxygens (including phenoxy) is 2. The van der Waals surface area contributed by atoms with Gasteiger partial charge in [-0.3, -0.25) is 0 Å². The molecule has 0 aliphatic carbocycles. The first-order valence-corrected chi connectivity index (χ1v) is 13.3. The molecule has 0 amide bonds. The van der Waals surface area contributed by atoms with Crippen LogP contribution < -0.4 is 19.3 Å². The second kappa shape index (κ2) is 10.5. The molecule has 0 unspecified atom stereocenters. The Morgan fingerprint density at radius 1 is 0.641 bits per heavy atom. The van der Waals surface area contributed by atoms with Crippen molar-refractivity contribution in [2.45, 2.75) is 9.79 Å². The topological polar surface area (TPSA) is 48.7 Å². The molecule has 0 fully saturated rings. The van der Waals surface area contributed by atoms with Gasteiger partial charge in [-0.25, -0.2) is 0 Å². The molecule has 39 heavy (non-hydrogen) atoms. The number of methoxy groups -OCH3 is 2. The van der Waals surface area contributed by atoms with E-state index in [2.05, 4.69) is 88.7 Å². The van der Waals surface area contributed by atoms with Crippen LogP contribution in [0.1, 0.15) is 5.56 Å². The van der Waals surface area contributed by atoms with E-state index in [9.17, 15) is 5.26 Å². The Morgan fingerprint density at radius 3 is 1.74 bits per heavy atom. The van der Waals surface area contributed by atoms with Crippen molar-refractivity contribution < 1.29 is 9.47 Å². The van der Waals surface area contributed by atoms with E-state index >= 15 is 0 Å². The molecule has 1 aliphatic heterocycles. The Hall–Kier alpha value is -4.86. The van der Waals surface area contributed by atoms with Crippen molar-refractivity contribution >= 4 is 45.9 Å². The molecular formula is C33H25N3O2S. The van der Waals surface area contributed by atoms with Crippen LogP contribution in [-0.2, 0) is 0 Å². The summed E-state index contributed by atoms with van der Waals surface area (Å²) in [6, 6.07) is 41.1. The molecule has 0 saturated carbocycles. The van der Waals surface area contributed by atoms with Crippen molar-refractivity contribution in [3.63, 3.8) is 0 Å². The maximum absolute atomic E-state index is 9.57. The maximum atomic E-state index is 9.57. The molecule has 5 aromatic carbocycles. The molecule has 0 aromatic heterocycles. The molecule has 190 valence electrons. The van der Waals surface area contributed by atoms with Crippen LogP contribution in [0.5, 0.6) is 11.5 Å². The summed E-state index contributed by atoms with van der Waals surface area (Å²) >= 11 is 1.73. The molecule has 0 saturated heterocycles. The van der Waals surface area contributed by atoms with E-state index in [-0.39, 0.29) is 0 Å². The lowest BCUT2D eigenvalue weighted by Crippen LogP contribution is -2.15. The van der Waals surface area contributed by atoms with Gasteiger partial charge in [0.2, 0.25) is 0 Å². The van der Waals surface area contributed by atoms with Crippen molar-refractivity contribution in [2.75, 3.05) is 24.0 Å². The van der Waals surface area contributed by atoms with Gasteiger partial charge in [0.15, 0.2) is 0 Å². The summed E-state index contributed by atoms with van der Waals surface area (Å²) in [5, 5.41) is 9.57. The fourth-order valence-corrected chi connectivity index (χ4v) is 5.80. The second-order valence-electron chi connectivity index (χ2n) is 8.95. The highest BCUT2D eigenvalue weighted by molar-refractivity contribution is 7.99. The summed E-state index contributed by atoms with van der Waals surface area (Å²) < 4.78 is 10.8. The minimum Gasteiger partial charge on any atom is -0.497 e. The van der Waals surface area contributed by atoms with Crippen LogP contribution in [0.3, 0.4) is 0 Å². The van der Waals surface area contributed by atoms with Gasteiger partial charge < -0.3 is 19.3 Å². The largest absolute Gasteiger partial charge is 0.497 e. The molecule has 5 nitrogen and oxygen atoms in total. The highest BCUT2D eigenvalue weighted by Gasteiger charge is 2.25. The predicted octanol–water partition coefficient (Wildman–Crippen LogP) is 8.98. The maximum Gasteiger partial charge on any atom is 0.119 e. The summed E-state index contributed by atoms with van der Waals surface area (Å²) in [5.74, 6) is 1.61. The number of benzene rings is 5. The Kier molecular flexibility index (Phi) is 6.58. The van der Waals surface area contributed by atoms with Crippen LogP contribution >= 0.6 is 11.8 Å². The smallest absolute Gasteiger partial charge is 0.119 e. The van der Waals surface area contributed by atoms with E-state index in [0.717, 1.165) is 50.5 Å². The molecule has 0 spiro atoms. The monoisotopic (exact) mass is 527 g/mol. The van der Waals surface area contributed by atoms with Crippen LogP contribution in [0, 0.1) is 11.3 Å². The van der Waals surface area contributed by atoms with E-state index < -0.39 is 0 Å². The van der Waals surface area contributed by atoms with Crippen molar-refractivity contribution in [1.29, 1.82) is 5.26 Å². The van der Waals surface area contributed by atoms with Crippen LogP contribution in [0.15, 0.2) is 125 Å². The zero-order chi connectivity index (χ0) is 26.8. The number of nitrogens with zero attached hydrogens (tertiary/aromatic N) is 3. The third kappa shape index (κ3) is 4.65. The Bertz CT molecular complexity index is 1610. The van der Waals surface area contributed by atoms with Crippen LogP contribution in [0.2, 0.25) is 0 Å². The number of hydrogen-bond acceptors (Lipinski definition) is 6. The summed E-state index contributed by atoms with van der Waals surface area (Å²) in [5.41, 5.74) is 6.80. The zero-order valence-corrected chi connectivity index (χ0v) is 22.4. The lowest BCUT2D eigenvalue weighted by Gasteiger charge is -2.33. The first-order valence-electron chi connectivity index (χ1n) is 12.5. The second-order valence-corrected chi connectivity index (χ2v) is 10.0. The highest BCUT2D eigenvalue weighted by atomic mass is 32.2. The third-order valence-corrected chi connectivity index (χ3v) is 7.81. The van der Waals surface area contributed by atoms with Gasteiger partial charge in [-0.2, -0.15) is 5.26 Å². The fourth-order valence-electron chi connectivity index (χ4n) is 4.76. The minimum atomic E-state index is 0.639. The number of hydrogen-bond donors (Lipinski definition) is 0. The Morgan fingerprint density at radius 2 is 1.18 bits per heavy atom. The van der Waals surface area contributed by atoms with Crippen LogP contribution in [0.4, 0.5) is 34.1 Å². The number of para-hydroxylation sites is 1. The first-order chi connectivity index (χ1) is 19.2. The summed E-state index contributed by atoms with van der Waals surface area (Å²) in [6.07, 6.45) is 0. The molecule has 5 aromatic rings. The van der Waals surface area contributed by atoms with Gasteiger partial charge in [-0.05, 0) is 103 Å². The lowest BCUT2D eigenvalue weighted by molar-refractivity contribution is 0.415. The molecule has 0 radical (unpaired) electrons. The molecule has 1 heterocycles. The van der Waals surface area contributed by atoms with E-state index in [4.69, 9.17) is 9.47 Å². The normalized spacial score (nSPS) is 11.7. The number of nitriles is 1. The first kappa shape index (κ1) is 24.5. The molecule has 0 bridgehead atoms. The minimum absolute atomic E-state index is 0.639. The van der Waals surface area contributed by atoms with Gasteiger partial charge >= 0.3 is 0 Å². The predicted molar refractivity (Wildman–Crippen MR) is 158 cm³/mol. The third-order valence-electron chi connectivity index (χ3n) is 6.68. The molecule has 1 aliphatic rings. The zero-order valence-electron chi connectivity index (χ0n) is 21.5. The molecule has 0 N–H and O–H groups in total. The van der Waals surface area contributed by atoms with Crippen molar-refractivity contribution in [3.05, 3.63) is 121 Å². The molecule has 0 atom stereocenters. The van der Waals surface area contributed by atoms with Gasteiger partial charge in [0.25, 0.3) is 0 Å². The average Bonchev–Trinajstić information content (AvgIpc) is 3.01. The number of anilines is 6. The van der Waals surface area contributed by atoms with Crippen LogP contribution in [0.25, 0.3) is 0 Å². The van der Waals surface area contributed by atoms with Gasteiger partial charge in [0.1, 0.15) is 11.5 Å². The molecule has 6 rings (SSSR count). The average molecular weight is 528 g/mol. The standard InChI is InChI=1S/C33H25N3O2S/c1-37-28-16-12-25(13-17-28)35(26-14-18-29(38-2)19-15-26)24-8-10-27(11-9-24)36-30-5-3-4-6-32(30)39-33-20-7-23(22-34)21-31(33)36/h3-21H,1-2H3. The summed E-state index contributed by atoms with van der Waals surface area (Å²) in [4.78, 5) is 6.73. The Balaban J connectivity index is 1.44. The highest BCUT2D eigenvalue weighted by Crippen LogP contribution is 2.51. The SMILES string of the molecule is COc1ccc(N(c2ccc(OC)cc2)c2ccc(N3c4ccccc4Sc4ccc(C#N)cc43)cc2)cc1. The van der Waals surface area contributed by atoms with Crippen molar-refractivity contribution in [1.82, 2.24) is 0 Å². The molecular weight excluding hydrogens is 502 g/mol. The summed E-state index contributed by atoms with van der Waals surface area (Å²) in [7, 11) is 3.34. The van der Waals surface area contributed by atoms with E-state index in [1.165, 1.54) is 4.90 Å². The van der Waals surface area contributed by atoms with E-state index in [1.807, 2.05) is 42.5 Å². The van der Waals surface area contributed by atoms with Gasteiger partial charge in [-0.15, -0.1) is 0 Å². The van der Waals surface area contributed by atoms with E-state index in [0.29, 0.717) is 5.56 Å². The lowest BCUT2D eigenvalue weighted by atomic mass is 10.1. The van der Waals surface area contributed by atoms with Crippen molar-refractivity contribution in [2.24, 2.45) is 0 Å². The Labute approximate surface area is 232 Å². The van der Waals surface area contributed by atoms with Gasteiger partial charge in [-0.1, -0.05) is 23.9 Å². The fraction of sp³-hybridized carbons (Fsp3) is 0.0606.